The second kappa shape index (κ2) is 6.21. The van der Waals surface area contributed by atoms with E-state index >= 15 is 0 Å². The van der Waals surface area contributed by atoms with Crippen molar-refractivity contribution in [2.75, 3.05) is 11.6 Å². The Labute approximate surface area is 123 Å². The molecule has 1 amide bonds. The minimum Gasteiger partial charge on any atom is -0.322 e. The number of carbonyl (C=O) groups excluding carboxylic acids is 1. The van der Waals surface area contributed by atoms with E-state index in [-0.39, 0.29) is 11.5 Å². The molecule has 0 atom stereocenters. The fourth-order valence-corrected chi connectivity index (χ4v) is 2.38. The molecule has 0 radical (unpaired) electrons. The number of nitrogens with one attached hydrogen (secondary N) is 1. The van der Waals surface area contributed by atoms with Crippen LogP contribution in [-0.4, -0.2) is 12.2 Å². The normalized spacial score (nSPS) is 10.3. The van der Waals surface area contributed by atoms with Gasteiger partial charge in [-0.2, -0.15) is 0 Å². The summed E-state index contributed by atoms with van der Waals surface area (Å²) in [6, 6.07) is 11.5. The van der Waals surface area contributed by atoms with Gasteiger partial charge < -0.3 is 5.32 Å². The number of benzene rings is 2. The lowest BCUT2D eigenvalue weighted by molar-refractivity contribution is 0.102. The molecule has 0 aromatic heterocycles. The summed E-state index contributed by atoms with van der Waals surface area (Å²) in [5, 5.41) is 2.73. The second-order valence-corrected chi connectivity index (χ2v) is 5.54. The maximum Gasteiger partial charge on any atom is 0.256 e. The van der Waals surface area contributed by atoms with Gasteiger partial charge in [0.2, 0.25) is 0 Å². The van der Waals surface area contributed by atoms with Crippen molar-refractivity contribution in [1.82, 2.24) is 0 Å². The molecule has 0 saturated carbocycles. The number of hydrogen-bond donors (Lipinski definition) is 1. The highest BCUT2D eigenvalue weighted by Crippen LogP contribution is 2.21. The van der Waals surface area contributed by atoms with E-state index in [4.69, 9.17) is 0 Å². The van der Waals surface area contributed by atoms with Gasteiger partial charge in [-0.25, -0.2) is 4.39 Å². The zero-order chi connectivity index (χ0) is 13.8. The van der Waals surface area contributed by atoms with E-state index < -0.39 is 5.82 Å². The Kier molecular flexibility index (Phi) is 4.61. The molecule has 19 heavy (non-hydrogen) atoms. The second-order valence-electron chi connectivity index (χ2n) is 3.81. The minimum absolute atomic E-state index is 0.272. The van der Waals surface area contributed by atoms with Gasteiger partial charge in [-0.15, -0.1) is 11.8 Å². The lowest BCUT2D eigenvalue weighted by Crippen LogP contribution is -2.12. The van der Waals surface area contributed by atoms with Crippen molar-refractivity contribution in [1.29, 1.82) is 0 Å². The maximum absolute atomic E-state index is 13.1. The van der Waals surface area contributed by atoms with Gasteiger partial charge in [0.05, 0.1) is 5.56 Å². The van der Waals surface area contributed by atoms with Gasteiger partial charge in [-0.3, -0.25) is 4.79 Å². The van der Waals surface area contributed by atoms with Crippen LogP contribution in [0.25, 0.3) is 0 Å². The number of halogens is 2. The minimum atomic E-state index is -0.439. The van der Waals surface area contributed by atoms with Crippen molar-refractivity contribution in [2.45, 2.75) is 4.90 Å². The summed E-state index contributed by atoms with van der Waals surface area (Å²) in [6.45, 7) is 0. The zero-order valence-corrected chi connectivity index (χ0v) is 12.5. The Bertz CT molecular complexity index is 601. The van der Waals surface area contributed by atoms with E-state index in [1.54, 1.807) is 11.8 Å². The molecule has 0 aliphatic rings. The van der Waals surface area contributed by atoms with Gasteiger partial charge >= 0.3 is 0 Å². The Hall–Kier alpha value is -1.33. The van der Waals surface area contributed by atoms with Crippen LogP contribution in [0.1, 0.15) is 10.4 Å². The first-order chi connectivity index (χ1) is 9.10. The van der Waals surface area contributed by atoms with E-state index in [9.17, 15) is 9.18 Å². The van der Waals surface area contributed by atoms with Crippen molar-refractivity contribution in [2.24, 2.45) is 0 Å². The van der Waals surface area contributed by atoms with Crippen LogP contribution in [0.3, 0.4) is 0 Å². The van der Waals surface area contributed by atoms with E-state index in [1.807, 2.05) is 30.5 Å². The summed E-state index contributed by atoms with van der Waals surface area (Å²) in [4.78, 5) is 13.1. The summed E-state index contributed by atoms with van der Waals surface area (Å²) >= 11 is 4.86. The topological polar surface area (TPSA) is 29.1 Å². The summed E-state index contributed by atoms with van der Waals surface area (Å²) in [5.74, 6) is -0.783. The van der Waals surface area contributed by atoms with Gasteiger partial charge in [0.25, 0.3) is 5.91 Å². The molecule has 2 aromatic rings. The molecule has 5 heteroatoms. The summed E-state index contributed by atoms with van der Waals surface area (Å²) in [5.41, 5.74) is 0.952. The van der Waals surface area contributed by atoms with E-state index in [0.29, 0.717) is 10.2 Å². The number of amides is 1. The Morgan fingerprint density at radius 1 is 1.21 bits per heavy atom. The molecule has 0 saturated heterocycles. The highest BCUT2D eigenvalue weighted by molar-refractivity contribution is 9.10. The molecular formula is C14H11BrFNOS. The molecule has 0 aliphatic heterocycles. The van der Waals surface area contributed by atoms with Gasteiger partial charge in [0, 0.05) is 15.1 Å². The number of hydrogen-bond acceptors (Lipinski definition) is 2. The number of anilines is 1. The van der Waals surface area contributed by atoms with Crippen molar-refractivity contribution >= 4 is 39.3 Å². The third-order valence-corrected chi connectivity index (χ3v) is 3.96. The molecule has 98 valence electrons. The Morgan fingerprint density at radius 2 is 1.89 bits per heavy atom. The van der Waals surface area contributed by atoms with Crippen LogP contribution in [0.15, 0.2) is 51.8 Å². The highest BCUT2D eigenvalue weighted by Gasteiger charge is 2.11. The smallest absolute Gasteiger partial charge is 0.256 e. The third-order valence-electron chi connectivity index (χ3n) is 2.52. The molecule has 0 aliphatic carbocycles. The van der Waals surface area contributed by atoms with Crippen LogP contribution in [0.5, 0.6) is 0 Å². The van der Waals surface area contributed by atoms with Crippen molar-refractivity contribution in [3.05, 3.63) is 58.3 Å². The first kappa shape index (κ1) is 14.1. The summed E-state index contributed by atoms with van der Waals surface area (Å²) in [6.07, 6.45) is 1.98. The predicted molar refractivity (Wildman–Crippen MR) is 80.3 cm³/mol. The first-order valence-corrected chi connectivity index (χ1v) is 7.52. The fourth-order valence-electron chi connectivity index (χ4n) is 1.54. The molecule has 0 bridgehead atoms. The monoisotopic (exact) mass is 339 g/mol. The van der Waals surface area contributed by atoms with Crippen molar-refractivity contribution < 1.29 is 9.18 Å². The average molecular weight is 340 g/mol. The molecule has 2 nitrogen and oxygen atoms in total. The van der Waals surface area contributed by atoms with Crippen LogP contribution in [-0.2, 0) is 0 Å². The van der Waals surface area contributed by atoms with Crippen LogP contribution in [0.4, 0.5) is 10.1 Å². The molecular weight excluding hydrogens is 329 g/mol. The fraction of sp³-hybridized carbons (Fsp3) is 0.0714. The van der Waals surface area contributed by atoms with Crippen LogP contribution in [0, 0.1) is 5.82 Å². The summed E-state index contributed by atoms with van der Waals surface area (Å²) < 4.78 is 13.7. The van der Waals surface area contributed by atoms with Crippen molar-refractivity contribution in [3.8, 4) is 0 Å². The zero-order valence-electron chi connectivity index (χ0n) is 10.1. The highest BCUT2D eigenvalue weighted by atomic mass is 79.9. The molecule has 2 rings (SSSR count). The van der Waals surface area contributed by atoms with Gasteiger partial charge in [-0.1, -0.05) is 0 Å². The largest absolute Gasteiger partial charge is 0.322 e. The molecule has 0 unspecified atom stereocenters. The van der Waals surface area contributed by atoms with Gasteiger partial charge in [0.15, 0.2) is 0 Å². The molecule has 0 fully saturated rings. The first-order valence-electron chi connectivity index (χ1n) is 5.50. The maximum atomic E-state index is 13.1. The van der Waals surface area contributed by atoms with Gasteiger partial charge in [0.1, 0.15) is 5.82 Å². The van der Waals surface area contributed by atoms with E-state index in [0.717, 1.165) is 4.90 Å². The molecule has 2 aromatic carbocycles. The number of rotatable bonds is 3. The SMILES string of the molecule is CSc1ccc(NC(=O)c2cc(F)ccc2Br)cc1. The van der Waals surface area contributed by atoms with Crippen LogP contribution < -0.4 is 5.32 Å². The van der Waals surface area contributed by atoms with Crippen LogP contribution >= 0.6 is 27.7 Å². The molecule has 1 N–H and O–H groups in total. The van der Waals surface area contributed by atoms with Crippen LogP contribution in [0.2, 0.25) is 0 Å². The Balaban J connectivity index is 2.18. The standard InChI is InChI=1S/C14H11BrFNOS/c1-19-11-5-3-10(4-6-11)17-14(18)12-8-9(16)2-7-13(12)15/h2-8H,1H3,(H,17,18). The Morgan fingerprint density at radius 3 is 2.53 bits per heavy atom. The number of thioether (sulfide) groups is 1. The lowest BCUT2D eigenvalue weighted by atomic mass is 10.2. The average Bonchev–Trinajstić information content (AvgIpc) is 2.42. The van der Waals surface area contributed by atoms with Gasteiger partial charge in [-0.05, 0) is 64.7 Å². The van der Waals surface area contributed by atoms with E-state index in [2.05, 4.69) is 21.2 Å². The lowest BCUT2D eigenvalue weighted by Gasteiger charge is -2.07. The number of carbonyl (C=O) groups is 1. The third kappa shape index (κ3) is 3.58. The summed E-state index contributed by atoms with van der Waals surface area (Å²) in [7, 11) is 0. The predicted octanol–water partition coefficient (Wildman–Crippen LogP) is 4.56. The van der Waals surface area contributed by atoms with Crippen molar-refractivity contribution in [3.63, 3.8) is 0 Å². The quantitative estimate of drug-likeness (QED) is 0.830. The van der Waals surface area contributed by atoms with E-state index in [1.165, 1.54) is 18.2 Å². The molecule has 0 heterocycles. The molecule has 0 spiro atoms.